The van der Waals surface area contributed by atoms with Crippen molar-refractivity contribution in [2.45, 2.75) is 13.3 Å². The summed E-state index contributed by atoms with van der Waals surface area (Å²) >= 11 is 7.39. The zero-order valence-electron chi connectivity index (χ0n) is 11.4. The van der Waals surface area contributed by atoms with Gasteiger partial charge in [0, 0.05) is 17.5 Å². The highest BCUT2D eigenvalue weighted by atomic mass is 35.5. The lowest BCUT2D eigenvalue weighted by Gasteiger charge is -2.07. The number of esters is 1. The van der Waals surface area contributed by atoms with Crippen molar-refractivity contribution in [3.05, 3.63) is 51.2 Å². The van der Waals surface area contributed by atoms with Crippen molar-refractivity contribution in [3.8, 4) is 5.75 Å². The number of benzene rings is 1. The highest BCUT2D eigenvalue weighted by Crippen LogP contribution is 2.25. The summed E-state index contributed by atoms with van der Waals surface area (Å²) in [6.45, 7) is 2.10. The van der Waals surface area contributed by atoms with Crippen LogP contribution in [0.1, 0.15) is 22.3 Å². The Morgan fingerprint density at radius 2 is 2.14 bits per heavy atom. The van der Waals surface area contributed by atoms with E-state index in [9.17, 15) is 9.59 Å². The van der Waals surface area contributed by atoms with E-state index in [0.29, 0.717) is 16.3 Å². The maximum atomic E-state index is 11.7. The van der Waals surface area contributed by atoms with Crippen LogP contribution in [0.2, 0.25) is 5.02 Å². The smallest absolute Gasteiger partial charge is 0.313 e. The number of hydrogen-bond donors (Lipinski definition) is 1. The molecule has 0 saturated heterocycles. The average Bonchev–Trinajstić information content (AvgIpc) is 2.97. The van der Waals surface area contributed by atoms with Gasteiger partial charge in [-0.3, -0.25) is 9.59 Å². The molecule has 0 aliphatic rings. The van der Waals surface area contributed by atoms with Gasteiger partial charge in [-0.05, 0) is 36.1 Å². The molecule has 0 radical (unpaired) electrons. The number of carbonyl (C=O) groups is 2. The molecule has 1 aromatic carbocycles. The molecule has 4 nitrogen and oxygen atoms in total. The lowest BCUT2D eigenvalue weighted by atomic mass is 10.2. The topological polar surface area (TPSA) is 55.4 Å². The number of halogens is 1. The zero-order chi connectivity index (χ0) is 15.2. The first kappa shape index (κ1) is 15.5. The van der Waals surface area contributed by atoms with Crippen LogP contribution in [0.25, 0.3) is 0 Å². The van der Waals surface area contributed by atoms with E-state index in [2.05, 4.69) is 5.32 Å². The molecule has 0 aliphatic carbocycles. The Bertz CT molecular complexity index is 640. The highest BCUT2D eigenvalue weighted by molar-refractivity contribution is 7.08. The van der Waals surface area contributed by atoms with E-state index in [1.165, 1.54) is 11.3 Å². The van der Waals surface area contributed by atoms with Gasteiger partial charge in [-0.1, -0.05) is 17.7 Å². The molecule has 21 heavy (non-hydrogen) atoms. The molecule has 0 unspecified atom stereocenters. The van der Waals surface area contributed by atoms with E-state index in [0.717, 1.165) is 5.56 Å². The quantitative estimate of drug-likeness (QED) is 0.677. The fourth-order valence-electron chi connectivity index (χ4n) is 1.64. The standard InChI is InChI=1S/C15H14ClNO3S/c1-10-2-3-12(16)13(8-10)20-14(18)4-6-17-15(19)11-5-7-21-9-11/h2-3,5,7-9H,4,6H2,1H3,(H,17,19). The van der Waals surface area contributed by atoms with Crippen LogP contribution in [0.15, 0.2) is 35.0 Å². The Balaban J connectivity index is 1.80. The second-order valence-corrected chi connectivity index (χ2v) is 5.61. The predicted octanol–water partition coefficient (Wildman–Crippen LogP) is 3.44. The van der Waals surface area contributed by atoms with Gasteiger partial charge in [-0.2, -0.15) is 11.3 Å². The molecule has 2 aromatic rings. The fourth-order valence-corrected chi connectivity index (χ4v) is 2.43. The molecule has 0 aliphatic heterocycles. The highest BCUT2D eigenvalue weighted by Gasteiger charge is 2.10. The van der Waals surface area contributed by atoms with Gasteiger partial charge >= 0.3 is 5.97 Å². The molecule has 1 amide bonds. The Morgan fingerprint density at radius 3 is 2.86 bits per heavy atom. The Hall–Kier alpha value is -1.85. The molecule has 1 aromatic heterocycles. The minimum Gasteiger partial charge on any atom is -0.425 e. The van der Waals surface area contributed by atoms with Gasteiger partial charge in [0.15, 0.2) is 0 Å². The third-order valence-electron chi connectivity index (χ3n) is 2.71. The monoisotopic (exact) mass is 323 g/mol. The van der Waals surface area contributed by atoms with Crippen molar-refractivity contribution in [2.75, 3.05) is 6.54 Å². The van der Waals surface area contributed by atoms with Crippen LogP contribution < -0.4 is 10.1 Å². The summed E-state index contributed by atoms with van der Waals surface area (Å²) in [5.74, 6) is -0.295. The zero-order valence-corrected chi connectivity index (χ0v) is 13.0. The number of thiophene rings is 1. The van der Waals surface area contributed by atoms with Crippen molar-refractivity contribution in [2.24, 2.45) is 0 Å². The third-order valence-corrected chi connectivity index (χ3v) is 3.70. The van der Waals surface area contributed by atoms with Crippen LogP contribution in [0.5, 0.6) is 5.75 Å². The molecule has 110 valence electrons. The van der Waals surface area contributed by atoms with Crippen LogP contribution in [-0.4, -0.2) is 18.4 Å². The van der Waals surface area contributed by atoms with E-state index >= 15 is 0 Å². The SMILES string of the molecule is Cc1ccc(Cl)c(OC(=O)CCNC(=O)c2ccsc2)c1. The van der Waals surface area contributed by atoms with Crippen LogP contribution in [0, 0.1) is 6.92 Å². The molecule has 0 saturated carbocycles. The molecule has 0 fully saturated rings. The summed E-state index contributed by atoms with van der Waals surface area (Å²) in [6, 6.07) is 6.94. The average molecular weight is 324 g/mol. The molecule has 2 rings (SSSR count). The number of nitrogens with one attached hydrogen (secondary N) is 1. The summed E-state index contributed by atoms with van der Waals surface area (Å²) in [4.78, 5) is 23.4. The van der Waals surface area contributed by atoms with Crippen molar-refractivity contribution >= 4 is 34.8 Å². The van der Waals surface area contributed by atoms with Crippen LogP contribution in [0.4, 0.5) is 0 Å². The van der Waals surface area contributed by atoms with Gasteiger partial charge in [0.2, 0.25) is 0 Å². The summed E-state index contributed by atoms with van der Waals surface area (Å²) in [6.07, 6.45) is 0.0835. The molecular weight excluding hydrogens is 310 g/mol. The summed E-state index contributed by atoms with van der Waals surface area (Å²) in [7, 11) is 0. The van der Waals surface area contributed by atoms with Crippen LogP contribution >= 0.6 is 22.9 Å². The van der Waals surface area contributed by atoms with Crippen molar-refractivity contribution in [1.29, 1.82) is 0 Å². The largest absolute Gasteiger partial charge is 0.425 e. The Kier molecular flexibility index (Phi) is 5.36. The number of aryl methyl sites for hydroxylation is 1. The number of amides is 1. The van der Waals surface area contributed by atoms with E-state index in [1.807, 2.05) is 18.4 Å². The summed E-state index contributed by atoms with van der Waals surface area (Å²) in [5.41, 5.74) is 1.54. The number of hydrogen-bond acceptors (Lipinski definition) is 4. The predicted molar refractivity (Wildman–Crippen MR) is 83.1 cm³/mol. The van der Waals surface area contributed by atoms with E-state index in [1.54, 1.807) is 23.6 Å². The van der Waals surface area contributed by atoms with Crippen molar-refractivity contribution in [1.82, 2.24) is 5.32 Å². The van der Waals surface area contributed by atoms with Crippen LogP contribution in [-0.2, 0) is 4.79 Å². The third kappa shape index (κ3) is 4.58. The number of ether oxygens (including phenoxy) is 1. The molecule has 0 spiro atoms. The van der Waals surface area contributed by atoms with Crippen molar-refractivity contribution in [3.63, 3.8) is 0 Å². The summed E-state index contributed by atoms with van der Waals surface area (Å²) in [5, 5.41) is 6.62. The first-order valence-corrected chi connectivity index (χ1v) is 7.65. The van der Waals surface area contributed by atoms with Crippen molar-refractivity contribution < 1.29 is 14.3 Å². The van der Waals surface area contributed by atoms with E-state index in [-0.39, 0.29) is 18.9 Å². The van der Waals surface area contributed by atoms with Gasteiger partial charge in [-0.15, -0.1) is 0 Å². The number of rotatable bonds is 5. The van der Waals surface area contributed by atoms with Crippen LogP contribution in [0.3, 0.4) is 0 Å². The normalized spacial score (nSPS) is 10.2. The maximum Gasteiger partial charge on any atom is 0.313 e. The first-order chi connectivity index (χ1) is 10.1. The lowest BCUT2D eigenvalue weighted by Crippen LogP contribution is -2.26. The Labute approximate surface area is 131 Å². The molecule has 0 atom stereocenters. The molecule has 1 N–H and O–H groups in total. The molecule has 0 bridgehead atoms. The molecular formula is C15H14ClNO3S. The van der Waals surface area contributed by atoms with Gasteiger partial charge in [0.25, 0.3) is 5.91 Å². The van der Waals surface area contributed by atoms with Gasteiger partial charge in [0.1, 0.15) is 5.75 Å². The maximum absolute atomic E-state index is 11.7. The minimum atomic E-state index is -0.437. The summed E-state index contributed by atoms with van der Waals surface area (Å²) < 4.78 is 5.18. The number of carbonyl (C=O) groups excluding carboxylic acids is 2. The second kappa shape index (κ2) is 7.24. The Morgan fingerprint density at radius 1 is 1.33 bits per heavy atom. The lowest BCUT2D eigenvalue weighted by molar-refractivity contribution is -0.134. The minimum absolute atomic E-state index is 0.0835. The van der Waals surface area contributed by atoms with E-state index in [4.69, 9.17) is 16.3 Å². The van der Waals surface area contributed by atoms with Gasteiger partial charge in [-0.25, -0.2) is 0 Å². The van der Waals surface area contributed by atoms with Gasteiger partial charge < -0.3 is 10.1 Å². The van der Waals surface area contributed by atoms with Gasteiger partial charge in [0.05, 0.1) is 11.4 Å². The van der Waals surface area contributed by atoms with E-state index < -0.39 is 5.97 Å². The molecule has 1 heterocycles. The second-order valence-electron chi connectivity index (χ2n) is 4.43. The fraction of sp³-hybridized carbons (Fsp3) is 0.200. The molecule has 6 heteroatoms. The first-order valence-electron chi connectivity index (χ1n) is 6.33.